The molecule has 0 saturated heterocycles. The van der Waals surface area contributed by atoms with Crippen molar-refractivity contribution in [3.05, 3.63) is 12.2 Å². The van der Waals surface area contributed by atoms with E-state index < -0.39 is 6.10 Å². The number of rotatable bonds is 56. The maximum atomic E-state index is 12.8. The zero-order valence-corrected chi connectivity index (χ0v) is 45.5. The van der Waals surface area contributed by atoms with E-state index >= 15 is 0 Å². The van der Waals surface area contributed by atoms with Crippen molar-refractivity contribution in [1.82, 2.24) is 0 Å². The van der Waals surface area contributed by atoms with Crippen LogP contribution < -0.4 is 0 Å². The Bertz CT molecular complexity index is 1040. The summed E-state index contributed by atoms with van der Waals surface area (Å²) < 4.78 is 16.9. The van der Waals surface area contributed by atoms with Crippen LogP contribution in [0.15, 0.2) is 12.2 Å². The molecule has 0 heterocycles. The molecule has 0 spiro atoms. The third-order valence-electron chi connectivity index (χ3n) is 13.8. The lowest BCUT2D eigenvalue weighted by atomic mass is 10.0. The number of carbonyl (C=O) groups excluding carboxylic acids is 3. The fraction of sp³-hybridized carbons (Fsp3) is 0.918. The zero-order valence-electron chi connectivity index (χ0n) is 45.5. The van der Waals surface area contributed by atoms with Gasteiger partial charge in [0, 0.05) is 19.3 Å². The van der Waals surface area contributed by atoms with Crippen molar-refractivity contribution in [2.75, 3.05) is 13.2 Å². The Hall–Kier alpha value is -1.85. The van der Waals surface area contributed by atoms with E-state index in [1.165, 1.54) is 238 Å². The summed E-state index contributed by atoms with van der Waals surface area (Å²) in [7, 11) is 0. The van der Waals surface area contributed by atoms with Crippen LogP contribution in [0.3, 0.4) is 0 Å². The minimum absolute atomic E-state index is 0.0674. The highest BCUT2D eigenvalue weighted by molar-refractivity contribution is 5.71. The molecule has 6 heteroatoms. The molecule has 1 atom stereocenters. The lowest BCUT2D eigenvalue weighted by molar-refractivity contribution is -0.167. The molecule has 0 N–H and O–H groups in total. The number of hydrogen-bond acceptors (Lipinski definition) is 6. The van der Waals surface area contributed by atoms with Crippen molar-refractivity contribution in [3.63, 3.8) is 0 Å². The molecule has 0 rings (SSSR count). The van der Waals surface area contributed by atoms with E-state index in [1.54, 1.807) is 0 Å². The summed E-state index contributed by atoms with van der Waals surface area (Å²) in [4.78, 5) is 38.1. The molecule has 0 aliphatic carbocycles. The Morgan fingerprint density at radius 3 is 0.746 bits per heavy atom. The number of hydrogen-bond donors (Lipinski definition) is 0. The van der Waals surface area contributed by atoms with Gasteiger partial charge >= 0.3 is 17.9 Å². The maximum Gasteiger partial charge on any atom is 0.306 e. The van der Waals surface area contributed by atoms with Gasteiger partial charge in [0.1, 0.15) is 13.2 Å². The quantitative estimate of drug-likeness (QED) is 0.0262. The normalized spacial score (nSPS) is 12.0. The van der Waals surface area contributed by atoms with E-state index in [1.807, 2.05) is 0 Å². The standard InChI is InChI=1S/C61H116O6/c1-4-7-10-13-16-19-22-24-26-27-28-29-30-31-32-33-35-36-39-42-45-48-51-54-60(63)66-57-58(56-65-59(62)53-50-47-44-41-38-21-18-15-12-9-6-3)67-61(64)55-52-49-46-43-40-37-34-25-23-20-17-14-11-8-5-2/h25,34,58H,4-24,26-33,35-57H2,1-3H3/b34-25-. The van der Waals surface area contributed by atoms with E-state index in [4.69, 9.17) is 14.2 Å². The van der Waals surface area contributed by atoms with Crippen LogP contribution in [0.5, 0.6) is 0 Å². The maximum absolute atomic E-state index is 12.8. The average Bonchev–Trinajstić information content (AvgIpc) is 3.33. The fourth-order valence-electron chi connectivity index (χ4n) is 9.21. The lowest BCUT2D eigenvalue weighted by Gasteiger charge is -2.18. The molecule has 0 aliphatic heterocycles. The SMILES string of the molecule is CCCCCCCC/C=C\CCCCCCCC(=O)OC(COC(=O)CCCCCCCCCCCCC)COC(=O)CCCCCCCCCCCCCCCCCCCCCCCCC. The van der Waals surface area contributed by atoms with Crippen LogP contribution in [-0.4, -0.2) is 37.2 Å². The van der Waals surface area contributed by atoms with Gasteiger partial charge in [0.25, 0.3) is 0 Å². The number of ether oxygens (including phenoxy) is 3. The van der Waals surface area contributed by atoms with Crippen LogP contribution in [0.25, 0.3) is 0 Å². The summed E-state index contributed by atoms with van der Waals surface area (Å²) in [6.07, 6.45) is 65.0. The average molecular weight is 946 g/mol. The number of allylic oxidation sites excluding steroid dienone is 2. The number of unbranched alkanes of at least 4 members (excludes halogenated alkanes) is 43. The van der Waals surface area contributed by atoms with Gasteiger partial charge in [-0.15, -0.1) is 0 Å². The van der Waals surface area contributed by atoms with Crippen molar-refractivity contribution in [3.8, 4) is 0 Å². The predicted molar refractivity (Wildman–Crippen MR) is 289 cm³/mol. The van der Waals surface area contributed by atoms with Crippen molar-refractivity contribution < 1.29 is 28.6 Å². The van der Waals surface area contributed by atoms with Crippen molar-refractivity contribution in [1.29, 1.82) is 0 Å². The van der Waals surface area contributed by atoms with Gasteiger partial charge in [0.15, 0.2) is 6.10 Å². The third-order valence-corrected chi connectivity index (χ3v) is 13.8. The molecule has 396 valence electrons. The highest BCUT2D eigenvalue weighted by Crippen LogP contribution is 2.18. The molecule has 0 saturated carbocycles. The molecule has 1 unspecified atom stereocenters. The summed E-state index contributed by atoms with van der Waals surface area (Å²) in [6.45, 7) is 6.68. The molecule has 67 heavy (non-hydrogen) atoms. The van der Waals surface area contributed by atoms with Crippen LogP contribution in [0.1, 0.15) is 342 Å². The molecule has 0 aromatic carbocycles. The van der Waals surface area contributed by atoms with Crippen molar-refractivity contribution in [2.24, 2.45) is 0 Å². The van der Waals surface area contributed by atoms with Crippen LogP contribution in [0, 0.1) is 0 Å². The largest absolute Gasteiger partial charge is 0.462 e. The molecule has 0 bridgehead atoms. The summed E-state index contributed by atoms with van der Waals surface area (Å²) in [5.74, 6) is -0.852. The van der Waals surface area contributed by atoms with Gasteiger partial charge in [0.2, 0.25) is 0 Å². The second-order valence-corrected chi connectivity index (χ2v) is 20.6. The second kappa shape index (κ2) is 56.7. The molecule has 0 amide bonds. The highest BCUT2D eigenvalue weighted by Gasteiger charge is 2.19. The van der Waals surface area contributed by atoms with Crippen molar-refractivity contribution in [2.45, 2.75) is 348 Å². The van der Waals surface area contributed by atoms with E-state index in [9.17, 15) is 14.4 Å². The Balaban J connectivity index is 4.20. The third kappa shape index (κ3) is 55.0. The summed E-state index contributed by atoms with van der Waals surface area (Å²) >= 11 is 0. The van der Waals surface area contributed by atoms with Gasteiger partial charge in [-0.05, 0) is 44.9 Å². The monoisotopic (exact) mass is 945 g/mol. The van der Waals surface area contributed by atoms with E-state index in [0.29, 0.717) is 19.3 Å². The van der Waals surface area contributed by atoms with Crippen LogP contribution in [-0.2, 0) is 28.6 Å². The van der Waals surface area contributed by atoms with Gasteiger partial charge < -0.3 is 14.2 Å². The molecule has 0 aromatic heterocycles. The Labute approximate surface area is 418 Å². The van der Waals surface area contributed by atoms with E-state index in [2.05, 4.69) is 32.9 Å². The number of carbonyl (C=O) groups is 3. The van der Waals surface area contributed by atoms with Gasteiger partial charge in [-0.2, -0.15) is 0 Å². The Morgan fingerprint density at radius 1 is 0.284 bits per heavy atom. The minimum Gasteiger partial charge on any atom is -0.462 e. The Morgan fingerprint density at radius 2 is 0.493 bits per heavy atom. The molecule has 6 nitrogen and oxygen atoms in total. The molecule has 0 aromatic rings. The lowest BCUT2D eigenvalue weighted by Crippen LogP contribution is -2.30. The van der Waals surface area contributed by atoms with Gasteiger partial charge in [-0.3, -0.25) is 14.4 Å². The van der Waals surface area contributed by atoms with Crippen LogP contribution >= 0.6 is 0 Å². The van der Waals surface area contributed by atoms with Gasteiger partial charge in [0.05, 0.1) is 0 Å². The van der Waals surface area contributed by atoms with E-state index in [-0.39, 0.29) is 31.1 Å². The first kappa shape index (κ1) is 65.1. The van der Waals surface area contributed by atoms with Gasteiger partial charge in [-0.1, -0.05) is 290 Å². The highest BCUT2D eigenvalue weighted by atomic mass is 16.6. The van der Waals surface area contributed by atoms with Crippen LogP contribution in [0.4, 0.5) is 0 Å². The molecule has 0 aliphatic rings. The second-order valence-electron chi connectivity index (χ2n) is 20.6. The topological polar surface area (TPSA) is 78.9 Å². The first-order valence-electron chi connectivity index (χ1n) is 30.2. The number of esters is 3. The van der Waals surface area contributed by atoms with Gasteiger partial charge in [-0.25, -0.2) is 0 Å². The smallest absolute Gasteiger partial charge is 0.306 e. The molecular formula is C61H116O6. The first-order chi connectivity index (χ1) is 33.0. The molecule has 0 fully saturated rings. The first-order valence-corrected chi connectivity index (χ1v) is 30.2. The minimum atomic E-state index is -0.768. The van der Waals surface area contributed by atoms with Crippen molar-refractivity contribution >= 4 is 17.9 Å². The Kier molecular flexibility index (Phi) is 55.2. The molecule has 0 radical (unpaired) electrons. The summed E-state index contributed by atoms with van der Waals surface area (Å²) in [5.41, 5.74) is 0. The van der Waals surface area contributed by atoms with Crippen LogP contribution in [0.2, 0.25) is 0 Å². The molecular weight excluding hydrogens is 829 g/mol. The predicted octanol–water partition coefficient (Wildman–Crippen LogP) is 20.1. The summed E-state index contributed by atoms with van der Waals surface area (Å²) in [6, 6.07) is 0. The zero-order chi connectivity index (χ0) is 48.6. The van der Waals surface area contributed by atoms with E-state index in [0.717, 1.165) is 64.2 Å². The fourth-order valence-corrected chi connectivity index (χ4v) is 9.21. The summed E-state index contributed by atoms with van der Waals surface area (Å²) in [5, 5.41) is 0.